The normalized spacial score (nSPS) is 19.1. The Morgan fingerprint density at radius 3 is 2.78 bits per heavy atom. The second-order valence-electron chi connectivity index (χ2n) is 6.25. The second-order valence-corrected chi connectivity index (χ2v) is 8.24. The molecule has 144 valence electrons. The van der Waals surface area contributed by atoms with Gasteiger partial charge in [-0.15, -0.1) is 11.8 Å². The van der Waals surface area contributed by atoms with E-state index >= 15 is 0 Å². The summed E-state index contributed by atoms with van der Waals surface area (Å²) in [5.74, 6) is 1.01. The fourth-order valence-electron chi connectivity index (χ4n) is 2.87. The third-order valence-corrected chi connectivity index (χ3v) is 6.20. The lowest BCUT2D eigenvalue weighted by Gasteiger charge is -2.18. The quantitative estimate of drug-likeness (QED) is 0.644. The van der Waals surface area contributed by atoms with Crippen molar-refractivity contribution in [2.75, 3.05) is 12.4 Å². The first-order valence-electron chi connectivity index (χ1n) is 8.73. The molecular formula is C20H22BrNO4S. The molecule has 1 saturated heterocycles. The Bertz CT molecular complexity index is 830. The lowest BCUT2D eigenvalue weighted by Crippen LogP contribution is -2.33. The number of aliphatic carboxylic acids is 1. The molecule has 0 bridgehead atoms. The van der Waals surface area contributed by atoms with Crippen molar-refractivity contribution in [3.63, 3.8) is 0 Å². The molecule has 2 atom stereocenters. The molecule has 0 aliphatic carbocycles. The van der Waals surface area contributed by atoms with E-state index in [0.29, 0.717) is 30.5 Å². The largest absolute Gasteiger partial charge is 0.490 e. The van der Waals surface area contributed by atoms with Crippen molar-refractivity contribution in [2.45, 2.75) is 31.9 Å². The molecule has 0 saturated carbocycles. The number of ether oxygens (including phenoxy) is 2. The minimum absolute atomic E-state index is 0.0907. The summed E-state index contributed by atoms with van der Waals surface area (Å²) < 4.78 is 12.7. The molecule has 1 aliphatic rings. The van der Waals surface area contributed by atoms with Crippen molar-refractivity contribution in [1.82, 2.24) is 5.32 Å². The first kappa shape index (κ1) is 20.0. The Kier molecular flexibility index (Phi) is 6.68. The summed E-state index contributed by atoms with van der Waals surface area (Å²) in [7, 11) is 0. The number of aryl methyl sites for hydroxylation is 1. The highest BCUT2D eigenvalue weighted by Crippen LogP contribution is 2.42. The van der Waals surface area contributed by atoms with Crippen LogP contribution in [0.1, 0.15) is 29.0 Å². The van der Waals surface area contributed by atoms with Crippen molar-refractivity contribution in [1.29, 1.82) is 0 Å². The molecule has 0 unspecified atom stereocenters. The van der Waals surface area contributed by atoms with Crippen molar-refractivity contribution in [3.8, 4) is 11.5 Å². The second kappa shape index (κ2) is 8.99. The number of rotatable bonds is 7. The van der Waals surface area contributed by atoms with E-state index in [0.717, 1.165) is 15.6 Å². The van der Waals surface area contributed by atoms with Gasteiger partial charge in [-0.2, -0.15) is 0 Å². The van der Waals surface area contributed by atoms with Crippen LogP contribution in [0.15, 0.2) is 40.9 Å². The molecule has 2 aromatic rings. The van der Waals surface area contributed by atoms with Crippen LogP contribution in [-0.4, -0.2) is 29.5 Å². The molecule has 1 heterocycles. The molecule has 0 amide bonds. The van der Waals surface area contributed by atoms with Crippen LogP contribution in [0.25, 0.3) is 0 Å². The van der Waals surface area contributed by atoms with E-state index in [2.05, 4.69) is 34.2 Å². The molecule has 7 heteroatoms. The molecule has 5 nitrogen and oxygen atoms in total. The number of nitrogens with one attached hydrogen (secondary N) is 1. The Balaban J connectivity index is 1.82. The van der Waals surface area contributed by atoms with Crippen LogP contribution >= 0.6 is 27.7 Å². The van der Waals surface area contributed by atoms with Gasteiger partial charge < -0.3 is 14.6 Å². The summed E-state index contributed by atoms with van der Waals surface area (Å²) >= 11 is 5.17. The Morgan fingerprint density at radius 1 is 1.33 bits per heavy atom. The summed E-state index contributed by atoms with van der Waals surface area (Å²) in [5, 5.41) is 12.2. The zero-order valence-corrected chi connectivity index (χ0v) is 17.6. The van der Waals surface area contributed by atoms with Crippen molar-refractivity contribution >= 4 is 33.7 Å². The summed E-state index contributed by atoms with van der Waals surface area (Å²) in [6.45, 7) is 4.94. The highest BCUT2D eigenvalue weighted by molar-refractivity contribution is 9.10. The maximum Gasteiger partial charge on any atom is 0.321 e. The number of thioether (sulfide) groups is 1. The standard InChI is InChI=1S/C20H22BrNO4S/c1-3-25-17-9-14(19-22-16(11-27-19)20(23)24)8-15(21)18(17)26-10-13-7-5-4-6-12(13)2/h4-9,16,19,22H,3,10-11H2,1-2H3,(H,23,24)/t16-,19+/m1/s1. The van der Waals surface area contributed by atoms with Gasteiger partial charge in [0.2, 0.25) is 0 Å². The van der Waals surface area contributed by atoms with E-state index in [1.807, 2.05) is 37.3 Å². The van der Waals surface area contributed by atoms with Crippen LogP contribution in [0.5, 0.6) is 11.5 Å². The van der Waals surface area contributed by atoms with Crippen molar-refractivity contribution < 1.29 is 19.4 Å². The van der Waals surface area contributed by atoms with Crippen molar-refractivity contribution in [2.24, 2.45) is 0 Å². The van der Waals surface area contributed by atoms with Crippen LogP contribution in [0, 0.1) is 6.92 Å². The van der Waals surface area contributed by atoms with Gasteiger partial charge in [-0.05, 0) is 58.6 Å². The average Bonchev–Trinajstić information content (AvgIpc) is 3.13. The number of carboxylic acids is 1. The molecule has 27 heavy (non-hydrogen) atoms. The molecule has 0 aromatic heterocycles. The minimum atomic E-state index is -0.827. The van der Waals surface area contributed by atoms with Crippen molar-refractivity contribution in [3.05, 3.63) is 57.6 Å². The lowest BCUT2D eigenvalue weighted by atomic mass is 10.1. The van der Waals surface area contributed by atoms with Gasteiger partial charge in [0.15, 0.2) is 11.5 Å². The van der Waals surface area contributed by atoms with Gasteiger partial charge in [0.05, 0.1) is 16.5 Å². The fourth-order valence-corrected chi connectivity index (χ4v) is 4.66. The summed E-state index contributed by atoms with van der Waals surface area (Å²) in [4.78, 5) is 11.2. The van der Waals surface area contributed by atoms with Gasteiger partial charge in [0.25, 0.3) is 0 Å². The number of halogens is 1. The number of hydrogen-bond acceptors (Lipinski definition) is 5. The van der Waals surface area contributed by atoms with Crippen LogP contribution < -0.4 is 14.8 Å². The van der Waals surface area contributed by atoms with Gasteiger partial charge in [-0.3, -0.25) is 10.1 Å². The van der Waals surface area contributed by atoms with E-state index in [1.54, 1.807) is 11.8 Å². The van der Waals surface area contributed by atoms with E-state index < -0.39 is 12.0 Å². The third kappa shape index (κ3) is 4.78. The monoisotopic (exact) mass is 451 g/mol. The van der Waals surface area contributed by atoms with E-state index in [9.17, 15) is 9.90 Å². The topological polar surface area (TPSA) is 67.8 Å². The molecule has 1 aliphatic heterocycles. The zero-order valence-electron chi connectivity index (χ0n) is 15.2. The molecule has 2 aromatic carbocycles. The van der Waals surface area contributed by atoms with Gasteiger partial charge in [-0.1, -0.05) is 24.3 Å². The third-order valence-electron chi connectivity index (χ3n) is 4.35. The maximum atomic E-state index is 11.2. The summed E-state index contributed by atoms with van der Waals surface area (Å²) in [6.07, 6.45) is 0. The molecule has 0 spiro atoms. The highest BCUT2D eigenvalue weighted by Gasteiger charge is 2.31. The Hall–Kier alpha value is -1.70. The van der Waals surface area contributed by atoms with Gasteiger partial charge in [0.1, 0.15) is 12.6 Å². The van der Waals surface area contributed by atoms with Gasteiger partial charge in [0, 0.05) is 5.75 Å². The molecule has 1 fully saturated rings. The summed E-state index contributed by atoms with van der Waals surface area (Å²) in [6, 6.07) is 11.5. The number of hydrogen-bond donors (Lipinski definition) is 2. The zero-order chi connectivity index (χ0) is 19.4. The first-order chi connectivity index (χ1) is 13.0. The summed E-state index contributed by atoms with van der Waals surface area (Å²) in [5.41, 5.74) is 3.25. The Morgan fingerprint density at radius 2 is 2.11 bits per heavy atom. The molecular weight excluding hydrogens is 430 g/mol. The fraction of sp³-hybridized carbons (Fsp3) is 0.350. The smallest absolute Gasteiger partial charge is 0.321 e. The highest BCUT2D eigenvalue weighted by atomic mass is 79.9. The maximum absolute atomic E-state index is 11.2. The minimum Gasteiger partial charge on any atom is -0.490 e. The molecule has 2 N–H and O–H groups in total. The number of carboxylic acid groups (broad SMARTS) is 1. The lowest BCUT2D eigenvalue weighted by molar-refractivity contribution is -0.138. The Labute approximate surface area is 171 Å². The SMILES string of the molecule is CCOc1cc([C@H]2N[C@@H](C(=O)O)CS2)cc(Br)c1OCc1ccccc1C. The van der Waals surface area contributed by atoms with E-state index in [-0.39, 0.29) is 5.37 Å². The number of benzene rings is 2. The molecule has 3 rings (SSSR count). The van der Waals surface area contributed by atoms with Crippen LogP contribution in [0.4, 0.5) is 0 Å². The number of carbonyl (C=O) groups is 1. The van der Waals surface area contributed by atoms with E-state index in [4.69, 9.17) is 9.47 Å². The van der Waals surface area contributed by atoms with Crippen LogP contribution in [-0.2, 0) is 11.4 Å². The van der Waals surface area contributed by atoms with Gasteiger partial charge >= 0.3 is 5.97 Å². The molecule has 0 radical (unpaired) electrons. The van der Waals surface area contributed by atoms with E-state index in [1.165, 1.54) is 5.56 Å². The predicted molar refractivity (Wildman–Crippen MR) is 111 cm³/mol. The van der Waals surface area contributed by atoms with Crippen LogP contribution in [0.3, 0.4) is 0 Å². The average molecular weight is 452 g/mol. The first-order valence-corrected chi connectivity index (χ1v) is 10.6. The van der Waals surface area contributed by atoms with Gasteiger partial charge in [-0.25, -0.2) is 0 Å². The van der Waals surface area contributed by atoms with Crippen LogP contribution in [0.2, 0.25) is 0 Å². The predicted octanol–water partition coefficient (Wildman–Crippen LogP) is 4.52.